The molecular weight excluding hydrogens is 254 g/mol. The van der Waals surface area contributed by atoms with Crippen LogP contribution in [-0.2, 0) is 9.84 Å². The van der Waals surface area contributed by atoms with Gasteiger partial charge in [0.25, 0.3) is 0 Å². The first-order chi connectivity index (χ1) is 7.91. The first-order valence-electron chi connectivity index (χ1n) is 5.48. The Balaban J connectivity index is 3.33. The van der Waals surface area contributed by atoms with Crippen molar-refractivity contribution in [2.24, 2.45) is 5.73 Å². The van der Waals surface area contributed by atoms with Crippen molar-refractivity contribution in [3.8, 4) is 0 Å². The maximum Gasteiger partial charge on any atom is 0.176 e. The molecule has 0 aliphatic carbocycles. The Morgan fingerprint density at radius 2 is 2.06 bits per heavy atom. The molecule has 3 nitrogen and oxygen atoms in total. The minimum absolute atomic E-state index is 0.282. The van der Waals surface area contributed by atoms with Crippen molar-refractivity contribution < 1.29 is 8.42 Å². The predicted octanol–water partition coefficient (Wildman–Crippen LogP) is 2.26. The summed E-state index contributed by atoms with van der Waals surface area (Å²) in [6, 6.07) is 5.46. The maximum atomic E-state index is 11.7. The van der Waals surface area contributed by atoms with Crippen LogP contribution in [0.25, 0.3) is 0 Å². The largest absolute Gasteiger partial charge is 0.330 e. The van der Waals surface area contributed by atoms with E-state index in [1.54, 1.807) is 12.1 Å². The molecule has 0 fully saturated rings. The Kier molecular flexibility index (Phi) is 5.04. The second-order valence-corrected chi connectivity index (χ2v) is 6.93. The lowest BCUT2D eigenvalue weighted by molar-refractivity contribution is 0.598. The van der Waals surface area contributed by atoms with E-state index < -0.39 is 9.84 Å². The Morgan fingerprint density at radius 1 is 1.41 bits per heavy atom. The van der Waals surface area contributed by atoms with Gasteiger partial charge >= 0.3 is 0 Å². The van der Waals surface area contributed by atoms with Crippen molar-refractivity contribution in [1.82, 2.24) is 0 Å². The summed E-state index contributed by atoms with van der Waals surface area (Å²) in [7, 11) is -3.17. The topological polar surface area (TPSA) is 60.2 Å². The lowest BCUT2D eigenvalue weighted by Crippen LogP contribution is -2.08. The van der Waals surface area contributed by atoms with Gasteiger partial charge < -0.3 is 5.73 Å². The molecule has 0 bridgehead atoms. The molecule has 0 aliphatic rings. The van der Waals surface area contributed by atoms with Crippen molar-refractivity contribution >= 4 is 21.6 Å². The van der Waals surface area contributed by atoms with E-state index in [9.17, 15) is 8.42 Å². The molecule has 5 heteroatoms. The standard InChI is InChI=1S/C12H19NO2S2/c1-9(7-8-13)10-5-4-6-11(12(10)16-2)17(3,14)15/h4-6,9H,7-8,13H2,1-3H3. The van der Waals surface area contributed by atoms with E-state index in [0.29, 0.717) is 11.4 Å². The molecule has 0 saturated carbocycles. The van der Waals surface area contributed by atoms with Crippen LogP contribution in [0, 0.1) is 0 Å². The highest BCUT2D eigenvalue weighted by Crippen LogP contribution is 2.34. The quantitative estimate of drug-likeness (QED) is 0.836. The molecule has 0 amide bonds. The van der Waals surface area contributed by atoms with Crippen LogP contribution in [0.4, 0.5) is 0 Å². The average Bonchev–Trinajstić information content (AvgIpc) is 2.27. The summed E-state index contributed by atoms with van der Waals surface area (Å²) in [5, 5.41) is 0. The van der Waals surface area contributed by atoms with E-state index in [1.165, 1.54) is 18.0 Å². The Morgan fingerprint density at radius 3 is 2.53 bits per heavy atom. The highest BCUT2D eigenvalue weighted by molar-refractivity contribution is 7.99. The summed E-state index contributed by atoms with van der Waals surface area (Å²) in [6.07, 6.45) is 4.02. The van der Waals surface area contributed by atoms with Gasteiger partial charge in [-0.3, -0.25) is 0 Å². The number of rotatable bonds is 5. The molecule has 96 valence electrons. The molecule has 0 aliphatic heterocycles. The second-order valence-electron chi connectivity index (χ2n) is 4.13. The Hall–Kier alpha value is -0.520. The second kappa shape index (κ2) is 5.89. The summed E-state index contributed by atoms with van der Waals surface area (Å²) >= 11 is 1.48. The van der Waals surface area contributed by atoms with Crippen LogP contribution in [0.5, 0.6) is 0 Å². The summed E-state index contributed by atoms with van der Waals surface area (Å²) in [5.41, 5.74) is 6.63. The monoisotopic (exact) mass is 273 g/mol. The fourth-order valence-corrected chi connectivity index (χ4v) is 4.10. The molecule has 1 unspecified atom stereocenters. The van der Waals surface area contributed by atoms with Crippen molar-refractivity contribution in [2.75, 3.05) is 19.1 Å². The third-order valence-electron chi connectivity index (χ3n) is 2.74. The normalized spacial score (nSPS) is 13.6. The molecule has 2 N–H and O–H groups in total. The number of hydrogen-bond donors (Lipinski definition) is 1. The Labute approximate surface area is 108 Å². The average molecular weight is 273 g/mol. The van der Waals surface area contributed by atoms with Crippen LogP contribution >= 0.6 is 11.8 Å². The predicted molar refractivity (Wildman–Crippen MR) is 73.4 cm³/mol. The smallest absolute Gasteiger partial charge is 0.176 e. The summed E-state index contributed by atoms with van der Waals surface area (Å²) in [4.78, 5) is 1.28. The zero-order chi connectivity index (χ0) is 13.1. The maximum absolute atomic E-state index is 11.7. The van der Waals surface area contributed by atoms with Crippen LogP contribution in [0.1, 0.15) is 24.8 Å². The van der Waals surface area contributed by atoms with Gasteiger partial charge in [0.1, 0.15) is 0 Å². The van der Waals surface area contributed by atoms with Gasteiger partial charge in [-0.25, -0.2) is 8.42 Å². The Bertz CT molecular complexity index is 483. The minimum atomic E-state index is -3.17. The third-order valence-corrected chi connectivity index (χ3v) is 4.88. The first-order valence-corrected chi connectivity index (χ1v) is 8.60. The highest BCUT2D eigenvalue weighted by Gasteiger charge is 2.18. The van der Waals surface area contributed by atoms with Gasteiger partial charge in [0.05, 0.1) is 4.90 Å². The van der Waals surface area contributed by atoms with Gasteiger partial charge in [-0.2, -0.15) is 0 Å². The zero-order valence-corrected chi connectivity index (χ0v) is 12.1. The van der Waals surface area contributed by atoms with Crippen LogP contribution in [-0.4, -0.2) is 27.5 Å². The number of nitrogens with two attached hydrogens (primary N) is 1. The number of thioether (sulfide) groups is 1. The van der Waals surface area contributed by atoms with Gasteiger partial charge in [-0.05, 0) is 36.8 Å². The molecule has 0 radical (unpaired) electrons. The van der Waals surface area contributed by atoms with Gasteiger partial charge in [0.2, 0.25) is 0 Å². The lowest BCUT2D eigenvalue weighted by Gasteiger charge is -2.17. The van der Waals surface area contributed by atoms with Crippen LogP contribution in [0.2, 0.25) is 0 Å². The molecule has 17 heavy (non-hydrogen) atoms. The molecule has 1 atom stereocenters. The van der Waals surface area contributed by atoms with Crippen LogP contribution in [0.15, 0.2) is 28.0 Å². The SMILES string of the molecule is CSc1c(C(C)CCN)cccc1S(C)(=O)=O. The van der Waals surface area contributed by atoms with E-state index in [-0.39, 0.29) is 5.92 Å². The lowest BCUT2D eigenvalue weighted by atomic mass is 9.98. The van der Waals surface area contributed by atoms with E-state index in [4.69, 9.17) is 5.73 Å². The molecular formula is C12H19NO2S2. The number of benzene rings is 1. The minimum Gasteiger partial charge on any atom is -0.330 e. The van der Waals surface area contributed by atoms with Gasteiger partial charge in [-0.15, -0.1) is 11.8 Å². The molecule has 0 aromatic heterocycles. The first kappa shape index (κ1) is 14.5. The van der Waals surface area contributed by atoms with Gasteiger partial charge in [0, 0.05) is 11.2 Å². The molecule has 0 heterocycles. The fraction of sp³-hybridized carbons (Fsp3) is 0.500. The van der Waals surface area contributed by atoms with E-state index >= 15 is 0 Å². The van der Waals surface area contributed by atoms with Gasteiger partial charge in [0.15, 0.2) is 9.84 Å². The van der Waals surface area contributed by atoms with E-state index in [1.807, 2.05) is 12.3 Å². The van der Waals surface area contributed by atoms with E-state index in [2.05, 4.69) is 6.92 Å². The zero-order valence-electron chi connectivity index (χ0n) is 10.4. The van der Waals surface area contributed by atoms with E-state index in [0.717, 1.165) is 16.9 Å². The highest BCUT2D eigenvalue weighted by atomic mass is 32.2. The fourth-order valence-electron chi connectivity index (χ4n) is 1.84. The molecule has 1 aromatic rings. The van der Waals surface area contributed by atoms with Crippen LogP contribution < -0.4 is 5.73 Å². The van der Waals surface area contributed by atoms with Crippen molar-refractivity contribution in [3.63, 3.8) is 0 Å². The van der Waals surface area contributed by atoms with Crippen molar-refractivity contribution in [1.29, 1.82) is 0 Å². The molecule has 1 rings (SSSR count). The van der Waals surface area contributed by atoms with Gasteiger partial charge in [-0.1, -0.05) is 19.1 Å². The third kappa shape index (κ3) is 3.47. The molecule has 0 saturated heterocycles. The van der Waals surface area contributed by atoms with Crippen LogP contribution in [0.3, 0.4) is 0 Å². The number of hydrogen-bond acceptors (Lipinski definition) is 4. The summed E-state index contributed by atoms with van der Waals surface area (Å²) < 4.78 is 23.4. The number of sulfone groups is 1. The summed E-state index contributed by atoms with van der Waals surface area (Å²) in [6.45, 7) is 2.69. The molecule has 0 spiro atoms. The van der Waals surface area contributed by atoms with Crippen molar-refractivity contribution in [3.05, 3.63) is 23.8 Å². The summed E-state index contributed by atoms with van der Waals surface area (Å²) in [5.74, 6) is 0.282. The molecule has 1 aromatic carbocycles. The van der Waals surface area contributed by atoms with Crippen molar-refractivity contribution in [2.45, 2.75) is 29.1 Å².